The third-order valence-corrected chi connectivity index (χ3v) is 4.55. The van der Waals surface area contributed by atoms with Gasteiger partial charge in [-0.25, -0.2) is 0 Å². The van der Waals surface area contributed by atoms with Gasteiger partial charge in [0, 0.05) is 24.2 Å². The molecule has 0 aromatic heterocycles. The van der Waals surface area contributed by atoms with Gasteiger partial charge in [0.1, 0.15) is 0 Å². The topological polar surface area (TPSA) is 65.1 Å². The van der Waals surface area contributed by atoms with Gasteiger partial charge in [0.25, 0.3) is 0 Å². The summed E-state index contributed by atoms with van der Waals surface area (Å²) in [4.78, 5) is 26.2. The first-order valence-electron chi connectivity index (χ1n) is 7.89. The lowest BCUT2D eigenvalue weighted by atomic mass is 9.94. The predicted molar refractivity (Wildman–Crippen MR) is 83.1 cm³/mol. The van der Waals surface area contributed by atoms with Crippen molar-refractivity contribution in [3.8, 4) is 0 Å². The number of amides is 1. The molecular weight excluding hydrogens is 298 g/mol. The number of anilines is 1. The smallest absolute Gasteiger partial charge is 0.322 e. The van der Waals surface area contributed by atoms with Crippen LogP contribution >= 0.6 is 0 Å². The monoisotopic (exact) mass is 319 g/mol. The van der Waals surface area contributed by atoms with E-state index in [0.717, 1.165) is 11.3 Å². The van der Waals surface area contributed by atoms with Crippen LogP contribution in [0.1, 0.15) is 37.3 Å². The Morgan fingerprint density at radius 2 is 2.04 bits per heavy atom. The lowest BCUT2D eigenvalue weighted by Gasteiger charge is -2.27. The molecule has 1 amide bonds. The number of esters is 1. The second-order valence-electron chi connectivity index (χ2n) is 5.62. The van der Waals surface area contributed by atoms with Crippen molar-refractivity contribution in [3.05, 3.63) is 29.3 Å². The van der Waals surface area contributed by atoms with Crippen LogP contribution in [0.25, 0.3) is 0 Å². The number of benzene rings is 1. The summed E-state index contributed by atoms with van der Waals surface area (Å²) in [6.07, 6.45) is 0.653. The fourth-order valence-electron chi connectivity index (χ4n) is 3.38. The maximum absolute atomic E-state index is 12.5. The molecule has 1 fully saturated rings. The van der Waals surface area contributed by atoms with E-state index in [1.54, 1.807) is 4.90 Å². The minimum absolute atomic E-state index is 0.245. The van der Waals surface area contributed by atoms with E-state index in [1.807, 2.05) is 32.0 Å². The average molecular weight is 319 g/mol. The van der Waals surface area contributed by atoms with E-state index in [4.69, 9.17) is 14.2 Å². The summed E-state index contributed by atoms with van der Waals surface area (Å²) >= 11 is 0. The number of rotatable bonds is 4. The van der Waals surface area contributed by atoms with Crippen molar-refractivity contribution in [2.75, 3.05) is 31.8 Å². The normalized spacial score (nSPS) is 22.3. The molecular formula is C17H21NO5. The average Bonchev–Trinajstić information content (AvgIpc) is 3.16. The fourth-order valence-corrected chi connectivity index (χ4v) is 3.38. The van der Waals surface area contributed by atoms with Crippen LogP contribution in [0.15, 0.2) is 18.2 Å². The van der Waals surface area contributed by atoms with Crippen molar-refractivity contribution in [3.63, 3.8) is 0 Å². The summed E-state index contributed by atoms with van der Waals surface area (Å²) in [5, 5.41) is 0. The Bertz CT molecular complexity index is 636. The molecule has 0 radical (unpaired) electrons. The van der Waals surface area contributed by atoms with Crippen LogP contribution in [0.5, 0.6) is 0 Å². The Hall–Kier alpha value is -1.92. The minimum Gasteiger partial charge on any atom is -0.468 e. The number of likely N-dealkylation sites (N-methyl/N-ethyl adjacent to an activating group) is 1. The Labute approximate surface area is 135 Å². The van der Waals surface area contributed by atoms with Crippen LogP contribution in [-0.2, 0) is 29.6 Å². The maximum atomic E-state index is 12.5. The molecule has 1 saturated heterocycles. The van der Waals surface area contributed by atoms with Gasteiger partial charge in [0.2, 0.25) is 5.91 Å². The van der Waals surface area contributed by atoms with Crippen LogP contribution in [0.3, 0.4) is 0 Å². The highest BCUT2D eigenvalue weighted by Gasteiger charge is 2.44. The van der Waals surface area contributed by atoms with Gasteiger partial charge >= 0.3 is 5.97 Å². The van der Waals surface area contributed by atoms with Gasteiger partial charge in [0.05, 0.1) is 20.3 Å². The van der Waals surface area contributed by atoms with E-state index in [1.165, 1.54) is 7.11 Å². The molecule has 1 aromatic carbocycles. The van der Waals surface area contributed by atoms with Crippen LogP contribution in [0.4, 0.5) is 5.69 Å². The number of fused-ring (bicyclic) bond motifs is 1. The molecule has 124 valence electrons. The highest BCUT2D eigenvalue weighted by molar-refractivity contribution is 6.16. The van der Waals surface area contributed by atoms with Crippen LogP contribution in [0, 0.1) is 0 Å². The summed E-state index contributed by atoms with van der Waals surface area (Å²) in [6.45, 7) is 5.44. The highest BCUT2D eigenvalue weighted by Crippen LogP contribution is 2.42. The first kappa shape index (κ1) is 16.0. The van der Waals surface area contributed by atoms with E-state index < -0.39 is 17.7 Å². The van der Waals surface area contributed by atoms with Gasteiger partial charge in [-0.05, 0) is 24.6 Å². The number of methoxy groups -OCH3 is 1. The summed E-state index contributed by atoms with van der Waals surface area (Å²) in [6, 6.07) is 5.61. The van der Waals surface area contributed by atoms with E-state index in [2.05, 4.69) is 0 Å². The molecule has 3 rings (SSSR count). The molecule has 1 atom stereocenters. The zero-order valence-corrected chi connectivity index (χ0v) is 13.6. The zero-order chi connectivity index (χ0) is 16.6. The molecule has 6 heteroatoms. The van der Waals surface area contributed by atoms with Gasteiger partial charge in [-0.15, -0.1) is 0 Å². The van der Waals surface area contributed by atoms with Crippen molar-refractivity contribution in [1.29, 1.82) is 0 Å². The minimum atomic E-state index is -0.912. The first-order valence-corrected chi connectivity index (χ1v) is 7.89. The zero-order valence-electron chi connectivity index (χ0n) is 13.6. The Morgan fingerprint density at radius 3 is 2.61 bits per heavy atom. The van der Waals surface area contributed by atoms with E-state index in [9.17, 15) is 9.59 Å². The van der Waals surface area contributed by atoms with E-state index in [0.29, 0.717) is 31.7 Å². The summed E-state index contributed by atoms with van der Waals surface area (Å²) < 4.78 is 16.4. The molecule has 23 heavy (non-hydrogen) atoms. The Kier molecular flexibility index (Phi) is 4.12. The number of carbonyl (C=O) groups is 2. The van der Waals surface area contributed by atoms with Crippen LogP contribution < -0.4 is 4.90 Å². The van der Waals surface area contributed by atoms with Gasteiger partial charge in [-0.2, -0.15) is 0 Å². The number of hydrogen-bond donors (Lipinski definition) is 0. The molecule has 0 N–H and O–H groups in total. The number of nitrogens with zero attached hydrogens (tertiary/aromatic N) is 1. The summed E-state index contributed by atoms with van der Waals surface area (Å²) in [5.74, 6) is -2.49. The SMILES string of the molecule is CCN1C(=O)C(C(=O)OC)c2cc(C3(CC)OCCO3)ccc21. The summed E-state index contributed by atoms with van der Waals surface area (Å²) in [7, 11) is 1.30. The Morgan fingerprint density at radius 1 is 1.35 bits per heavy atom. The van der Waals surface area contributed by atoms with Crippen LogP contribution in [-0.4, -0.2) is 38.7 Å². The molecule has 2 aliphatic heterocycles. The van der Waals surface area contributed by atoms with Crippen molar-refractivity contribution < 1.29 is 23.8 Å². The van der Waals surface area contributed by atoms with Gasteiger partial charge < -0.3 is 19.1 Å². The predicted octanol–water partition coefficient (Wildman–Crippen LogP) is 1.92. The Balaban J connectivity index is 2.09. The molecule has 2 heterocycles. The van der Waals surface area contributed by atoms with Gasteiger partial charge in [-0.3, -0.25) is 9.59 Å². The summed E-state index contributed by atoms with van der Waals surface area (Å²) in [5.41, 5.74) is 2.24. The van der Waals surface area contributed by atoms with E-state index in [-0.39, 0.29) is 5.91 Å². The fraction of sp³-hybridized carbons (Fsp3) is 0.529. The van der Waals surface area contributed by atoms with Gasteiger partial charge in [-0.1, -0.05) is 13.0 Å². The first-order chi connectivity index (χ1) is 11.1. The molecule has 0 bridgehead atoms. The second kappa shape index (κ2) is 5.94. The molecule has 1 aromatic rings. The molecule has 1 unspecified atom stereocenters. The number of carbonyl (C=O) groups excluding carboxylic acids is 2. The lowest BCUT2D eigenvalue weighted by molar-refractivity contribution is -0.167. The highest BCUT2D eigenvalue weighted by atomic mass is 16.7. The molecule has 0 saturated carbocycles. The third kappa shape index (κ3) is 2.33. The molecule has 0 aliphatic carbocycles. The maximum Gasteiger partial charge on any atom is 0.322 e. The third-order valence-electron chi connectivity index (χ3n) is 4.55. The number of hydrogen-bond acceptors (Lipinski definition) is 5. The van der Waals surface area contributed by atoms with Crippen molar-refractivity contribution in [1.82, 2.24) is 0 Å². The van der Waals surface area contributed by atoms with Crippen molar-refractivity contribution in [2.45, 2.75) is 32.0 Å². The molecule has 0 spiro atoms. The largest absolute Gasteiger partial charge is 0.468 e. The second-order valence-corrected chi connectivity index (χ2v) is 5.62. The molecule has 6 nitrogen and oxygen atoms in total. The molecule has 2 aliphatic rings. The van der Waals surface area contributed by atoms with Crippen LogP contribution in [0.2, 0.25) is 0 Å². The van der Waals surface area contributed by atoms with Gasteiger partial charge in [0.15, 0.2) is 11.7 Å². The quantitative estimate of drug-likeness (QED) is 0.626. The van der Waals surface area contributed by atoms with Crippen molar-refractivity contribution >= 4 is 17.6 Å². The van der Waals surface area contributed by atoms with E-state index >= 15 is 0 Å². The number of ether oxygens (including phenoxy) is 3. The van der Waals surface area contributed by atoms with Crippen molar-refractivity contribution in [2.24, 2.45) is 0 Å². The lowest BCUT2D eigenvalue weighted by Crippen LogP contribution is -2.31. The standard InChI is InChI=1S/C17H21NO5/c1-4-17(22-8-9-23-17)11-6-7-13-12(10-11)14(16(20)21-3)15(19)18(13)5-2/h6-7,10,14H,4-5,8-9H2,1-3H3.